The van der Waals surface area contributed by atoms with Crippen LogP contribution in [0.15, 0.2) is 46.3 Å². The number of carbonyl (C=O) groups is 2. The molecule has 14 heteroatoms. The normalized spacial score (nSPS) is 11.4. The molecule has 186 valence electrons. The van der Waals surface area contributed by atoms with Gasteiger partial charge in [0, 0.05) is 6.26 Å². The van der Waals surface area contributed by atoms with E-state index in [1.807, 2.05) is 0 Å². The Morgan fingerprint density at radius 2 is 1.92 bits per heavy atom. The van der Waals surface area contributed by atoms with Crippen molar-refractivity contribution in [3.05, 3.63) is 58.1 Å². The van der Waals surface area contributed by atoms with Crippen molar-refractivity contribution < 1.29 is 32.2 Å². The van der Waals surface area contributed by atoms with E-state index in [2.05, 4.69) is 15.5 Å². The number of hydrogen-bond acceptors (Lipinski definition) is 11. The summed E-state index contributed by atoms with van der Waals surface area (Å²) in [6.45, 7) is 0. The molecule has 11 nitrogen and oxygen atoms in total. The van der Waals surface area contributed by atoms with E-state index in [-0.39, 0.29) is 37.1 Å². The second-order valence-electron chi connectivity index (χ2n) is 6.92. The number of halogens is 1. The zero-order valence-corrected chi connectivity index (χ0v) is 21.3. The lowest BCUT2D eigenvalue weighted by Gasteiger charge is -2.12. The number of rotatable bonds is 8. The summed E-state index contributed by atoms with van der Waals surface area (Å²) in [5.74, 6) is -1.08. The summed E-state index contributed by atoms with van der Waals surface area (Å²) in [4.78, 5) is 25.1. The highest BCUT2D eigenvalue weighted by Crippen LogP contribution is 2.37. The SMILES string of the molecule is COc1cccc(C(=O)Oc2c(Cl)cc(C=C(C#N)C(=O)Nc3nnc(S(C)(=O)=O)s3)cc2OC)c1. The second kappa shape index (κ2) is 11.2. The molecule has 1 heterocycles. The Kier molecular flexibility index (Phi) is 8.25. The highest BCUT2D eigenvalue weighted by Gasteiger charge is 2.20. The molecule has 0 unspecified atom stereocenters. The molecular weight excluding hydrogens is 532 g/mol. The van der Waals surface area contributed by atoms with E-state index in [1.54, 1.807) is 18.2 Å². The van der Waals surface area contributed by atoms with Crippen molar-refractivity contribution in [3.8, 4) is 23.3 Å². The molecule has 0 saturated heterocycles. The molecule has 3 aromatic rings. The number of anilines is 1. The van der Waals surface area contributed by atoms with Crippen molar-refractivity contribution in [3.63, 3.8) is 0 Å². The van der Waals surface area contributed by atoms with Crippen LogP contribution in [0.4, 0.5) is 5.13 Å². The number of amides is 1. The lowest BCUT2D eigenvalue weighted by atomic mass is 10.1. The van der Waals surface area contributed by atoms with Crippen molar-refractivity contribution in [2.75, 3.05) is 25.8 Å². The monoisotopic (exact) mass is 548 g/mol. The van der Waals surface area contributed by atoms with Gasteiger partial charge in [-0.1, -0.05) is 29.0 Å². The van der Waals surface area contributed by atoms with Gasteiger partial charge in [-0.3, -0.25) is 10.1 Å². The molecular formula is C22H17ClN4O7S2. The van der Waals surface area contributed by atoms with E-state index in [4.69, 9.17) is 25.8 Å². The zero-order valence-electron chi connectivity index (χ0n) is 18.9. The Morgan fingerprint density at radius 1 is 1.17 bits per heavy atom. The number of nitrogens with one attached hydrogen (secondary N) is 1. The van der Waals surface area contributed by atoms with E-state index in [0.717, 1.165) is 6.26 Å². The first kappa shape index (κ1) is 26.6. The van der Waals surface area contributed by atoms with Gasteiger partial charge >= 0.3 is 5.97 Å². The summed E-state index contributed by atoms with van der Waals surface area (Å²) >= 11 is 6.96. The average molecular weight is 549 g/mol. The predicted octanol–water partition coefficient (Wildman–Crippen LogP) is 3.38. The predicted molar refractivity (Wildman–Crippen MR) is 131 cm³/mol. The molecule has 0 bridgehead atoms. The number of nitriles is 1. The first-order valence-corrected chi connectivity index (χ1v) is 12.8. The van der Waals surface area contributed by atoms with Crippen LogP contribution in [0.3, 0.4) is 0 Å². The van der Waals surface area contributed by atoms with Crippen LogP contribution >= 0.6 is 22.9 Å². The van der Waals surface area contributed by atoms with Crippen LogP contribution in [0.1, 0.15) is 15.9 Å². The maximum atomic E-state index is 12.6. The fourth-order valence-electron chi connectivity index (χ4n) is 2.71. The largest absolute Gasteiger partial charge is 0.497 e. The van der Waals surface area contributed by atoms with Gasteiger partial charge in [-0.15, -0.1) is 10.2 Å². The second-order valence-corrected chi connectivity index (χ2v) is 10.5. The average Bonchev–Trinajstić information content (AvgIpc) is 3.32. The van der Waals surface area contributed by atoms with Crippen LogP contribution in [-0.4, -0.2) is 51.0 Å². The lowest BCUT2D eigenvalue weighted by molar-refractivity contribution is -0.112. The molecule has 36 heavy (non-hydrogen) atoms. The summed E-state index contributed by atoms with van der Waals surface area (Å²) in [6.07, 6.45) is 2.17. The fourth-order valence-corrected chi connectivity index (χ4v) is 4.48. The molecule has 0 radical (unpaired) electrons. The van der Waals surface area contributed by atoms with Crippen LogP contribution < -0.4 is 19.5 Å². The Morgan fingerprint density at radius 3 is 2.53 bits per heavy atom. The van der Waals surface area contributed by atoms with Crippen LogP contribution in [0.25, 0.3) is 6.08 Å². The van der Waals surface area contributed by atoms with Gasteiger partial charge in [0.2, 0.25) is 19.3 Å². The summed E-state index contributed by atoms with van der Waals surface area (Å²) in [5, 5.41) is 18.7. The van der Waals surface area contributed by atoms with Crippen LogP contribution in [0.5, 0.6) is 17.2 Å². The van der Waals surface area contributed by atoms with Crippen molar-refractivity contribution in [2.24, 2.45) is 0 Å². The number of methoxy groups -OCH3 is 2. The third-order valence-corrected chi connectivity index (χ3v) is 7.16. The summed E-state index contributed by atoms with van der Waals surface area (Å²) in [5.41, 5.74) is 0.166. The molecule has 0 saturated carbocycles. The molecule has 0 aliphatic heterocycles. The Hall–Kier alpha value is -3.99. The van der Waals surface area contributed by atoms with E-state index in [0.29, 0.717) is 22.6 Å². The molecule has 0 aliphatic rings. The number of hydrogen-bond donors (Lipinski definition) is 1. The van der Waals surface area contributed by atoms with Crippen LogP contribution in [0.2, 0.25) is 5.02 Å². The minimum Gasteiger partial charge on any atom is -0.497 e. The fraction of sp³-hybridized carbons (Fsp3) is 0.136. The number of benzene rings is 2. The van der Waals surface area contributed by atoms with Crippen molar-refractivity contribution >= 4 is 55.9 Å². The standard InChI is InChI=1S/C22H17ClN4O7S2/c1-32-15-6-4-5-13(10-15)20(29)34-18-16(23)8-12(9-17(18)33-2)7-14(11-24)19(28)25-21-26-27-22(35-21)36(3,30)31/h4-10H,1-3H3,(H,25,26,28). The number of esters is 1. The molecule has 3 rings (SSSR count). The smallest absolute Gasteiger partial charge is 0.343 e. The third kappa shape index (κ3) is 6.36. The number of sulfone groups is 1. The maximum absolute atomic E-state index is 12.6. The van der Waals surface area contributed by atoms with Gasteiger partial charge < -0.3 is 14.2 Å². The minimum absolute atomic E-state index is 0.0172. The first-order chi connectivity index (χ1) is 17.0. The van der Waals surface area contributed by atoms with Gasteiger partial charge in [-0.05, 0) is 42.0 Å². The third-order valence-electron chi connectivity index (χ3n) is 4.37. The quantitative estimate of drug-likeness (QED) is 0.145. The Balaban J connectivity index is 1.85. The van der Waals surface area contributed by atoms with Gasteiger partial charge in [-0.2, -0.15) is 5.26 Å². The topological polar surface area (TPSA) is 158 Å². The molecule has 1 amide bonds. The first-order valence-electron chi connectivity index (χ1n) is 9.76. The molecule has 0 spiro atoms. The molecule has 0 aliphatic carbocycles. The molecule has 1 aromatic heterocycles. The summed E-state index contributed by atoms with van der Waals surface area (Å²) in [6, 6.07) is 10.9. The van der Waals surface area contributed by atoms with Gasteiger partial charge in [0.1, 0.15) is 17.4 Å². The summed E-state index contributed by atoms with van der Waals surface area (Å²) < 4.78 is 38.6. The maximum Gasteiger partial charge on any atom is 0.343 e. The van der Waals surface area contributed by atoms with Gasteiger partial charge in [0.25, 0.3) is 5.91 Å². The molecule has 0 fully saturated rings. The van der Waals surface area contributed by atoms with Gasteiger partial charge in [-0.25, -0.2) is 13.2 Å². The number of nitrogens with zero attached hydrogens (tertiary/aromatic N) is 3. The Labute approximate surface area is 214 Å². The minimum atomic E-state index is -3.60. The van der Waals surface area contributed by atoms with Crippen LogP contribution in [0, 0.1) is 11.3 Å². The van der Waals surface area contributed by atoms with Crippen molar-refractivity contribution in [1.82, 2.24) is 10.2 Å². The lowest BCUT2D eigenvalue weighted by Crippen LogP contribution is -2.13. The highest BCUT2D eigenvalue weighted by atomic mass is 35.5. The van der Waals surface area contributed by atoms with E-state index in [1.165, 1.54) is 44.6 Å². The van der Waals surface area contributed by atoms with E-state index in [9.17, 15) is 23.3 Å². The Bertz CT molecular complexity index is 1510. The van der Waals surface area contributed by atoms with E-state index < -0.39 is 21.7 Å². The van der Waals surface area contributed by atoms with Gasteiger partial charge in [0.05, 0.1) is 24.8 Å². The van der Waals surface area contributed by atoms with Gasteiger partial charge in [0.15, 0.2) is 11.5 Å². The summed E-state index contributed by atoms with van der Waals surface area (Å²) in [7, 11) is -0.802. The molecule has 2 aromatic carbocycles. The molecule has 0 atom stereocenters. The van der Waals surface area contributed by atoms with Crippen molar-refractivity contribution in [2.45, 2.75) is 4.34 Å². The number of carbonyl (C=O) groups excluding carboxylic acids is 2. The number of ether oxygens (including phenoxy) is 3. The molecule has 1 N–H and O–H groups in total. The van der Waals surface area contributed by atoms with Crippen LogP contribution in [-0.2, 0) is 14.6 Å². The van der Waals surface area contributed by atoms with E-state index >= 15 is 0 Å². The highest BCUT2D eigenvalue weighted by molar-refractivity contribution is 7.92. The van der Waals surface area contributed by atoms with Crippen molar-refractivity contribution in [1.29, 1.82) is 5.26 Å². The zero-order chi connectivity index (χ0) is 26.5. The number of aromatic nitrogens is 2.